The zero-order valence-corrected chi connectivity index (χ0v) is 19.7. The summed E-state index contributed by atoms with van der Waals surface area (Å²) in [5, 5.41) is 3.66. The van der Waals surface area contributed by atoms with Gasteiger partial charge in [-0.05, 0) is 85.2 Å². The molecule has 5 rings (SSSR count). The summed E-state index contributed by atoms with van der Waals surface area (Å²) in [4.78, 5) is 35.9. The molecule has 0 saturated carbocycles. The molecule has 2 aliphatic rings. The molecule has 1 saturated heterocycles. The van der Waals surface area contributed by atoms with Gasteiger partial charge in [0.1, 0.15) is 17.2 Å². The molecular formula is C23H25BrN4O2S. The van der Waals surface area contributed by atoms with Gasteiger partial charge in [-0.3, -0.25) is 19.1 Å². The lowest BCUT2D eigenvalue weighted by molar-refractivity contribution is -0.116. The molecule has 0 unspecified atom stereocenters. The van der Waals surface area contributed by atoms with Gasteiger partial charge in [-0.25, -0.2) is 4.98 Å². The van der Waals surface area contributed by atoms with Crippen molar-refractivity contribution >= 4 is 49.1 Å². The fourth-order valence-corrected chi connectivity index (χ4v) is 6.26. The van der Waals surface area contributed by atoms with E-state index in [0.717, 1.165) is 52.6 Å². The predicted octanol–water partition coefficient (Wildman–Crippen LogP) is 4.33. The molecule has 2 aromatic heterocycles. The van der Waals surface area contributed by atoms with E-state index < -0.39 is 0 Å². The van der Waals surface area contributed by atoms with E-state index in [2.05, 4.69) is 26.1 Å². The average Bonchev–Trinajstić information content (AvgIpc) is 3.40. The second-order valence-electron chi connectivity index (χ2n) is 8.32. The molecule has 0 atom stereocenters. The van der Waals surface area contributed by atoms with Gasteiger partial charge in [0, 0.05) is 9.35 Å². The first kappa shape index (κ1) is 20.8. The Labute approximate surface area is 193 Å². The molecule has 1 aromatic carbocycles. The zero-order chi connectivity index (χ0) is 21.4. The van der Waals surface area contributed by atoms with Gasteiger partial charge in [0.15, 0.2) is 0 Å². The Hall–Kier alpha value is -2.03. The quantitative estimate of drug-likeness (QED) is 0.565. The number of carbonyl (C=O) groups is 1. The molecule has 6 nitrogen and oxygen atoms in total. The summed E-state index contributed by atoms with van der Waals surface area (Å²) in [5.74, 6) is 0.474. The van der Waals surface area contributed by atoms with Crippen LogP contribution in [0.5, 0.6) is 0 Å². The second-order valence-corrected chi connectivity index (χ2v) is 10.3. The van der Waals surface area contributed by atoms with Crippen LogP contribution in [0.4, 0.5) is 5.69 Å². The number of amides is 1. The maximum Gasteiger partial charge on any atom is 0.263 e. The first-order valence-electron chi connectivity index (χ1n) is 10.9. The molecule has 162 valence electrons. The van der Waals surface area contributed by atoms with Crippen LogP contribution in [0.1, 0.15) is 41.9 Å². The molecule has 3 aromatic rings. The number of nitrogens with zero attached hydrogens (tertiary/aromatic N) is 3. The van der Waals surface area contributed by atoms with Crippen LogP contribution in [-0.4, -0.2) is 33.4 Å². The minimum Gasteiger partial charge on any atom is -0.324 e. The van der Waals surface area contributed by atoms with E-state index in [1.807, 2.05) is 24.3 Å². The topological polar surface area (TPSA) is 67.2 Å². The number of thiophene rings is 1. The number of hydrogen-bond acceptors (Lipinski definition) is 5. The largest absolute Gasteiger partial charge is 0.324 e. The van der Waals surface area contributed by atoms with E-state index >= 15 is 0 Å². The summed E-state index contributed by atoms with van der Waals surface area (Å²) in [6.45, 7) is 2.60. The average molecular weight is 501 g/mol. The third-order valence-corrected chi connectivity index (χ3v) is 8.04. The van der Waals surface area contributed by atoms with Crippen LogP contribution >= 0.6 is 27.3 Å². The predicted molar refractivity (Wildman–Crippen MR) is 128 cm³/mol. The molecule has 31 heavy (non-hydrogen) atoms. The Bertz CT molecular complexity index is 1200. The molecule has 1 amide bonds. The fraction of sp³-hybridized carbons (Fsp3) is 0.435. The Morgan fingerprint density at radius 1 is 1.13 bits per heavy atom. The van der Waals surface area contributed by atoms with Crippen molar-refractivity contribution in [2.75, 3.05) is 18.4 Å². The van der Waals surface area contributed by atoms with Crippen LogP contribution < -0.4 is 10.9 Å². The van der Waals surface area contributed by atoms with Crippen LogP contribution in [0.3, 0.4) is 0 Å². The van der Waals surface area contributed by atoms with Gasteiger partial charge in [0.2, 0.25) is 5.91 Å². The van der Waals surface area contributed by atoms with Crippen molar-refractivity contribution in [2.24, 2.45) is 0 Å². The monoisotopic (exact) mass is 500 g/mol. The number of nitrogens with one attached hydrogen (secondary N) is 1. The van der Waals surface area contributed by atoms with Gasteiger partial charge >= 0.3 is 0 Å². The Kier molecular flexibility index (Phi) is 5.95. The van der Waals surface area contributed by atoms with Crippen molar-refractivity contribution in [1.29, 1.82) is 0 Å². The summed E-state index contributed by atoms with van der Waals surface area (Å²) in [6.07, 6.45) is 6.57. The first-order chi connectivity index (χ1) is 15.1. The number of rotatable bonds is 5. The van der Waals surface area contributed by atoms with Crippen LogP contribution in [0.25, 0.3) is 10.2 Å². The summed E-state index contributed by atoms with van der Waals surface area (Å²) in [5.41, 5.74) is 1.79. The smallest absolute Gasteiger partial charge is 0.263 e. The highest BCUT2D eigenvalue weighted by atomic mass is 79.9. The maximum absolute atomic E-state index is 13.6. The lowest BCUT2D eigenvalue weighted by Gasteiger charge is -2.18. The minimum absolute atomic E-state index is 0.0309. The van der Waals surface area contributed by atoms with Gasteiger partial charge in [0.25, 0.3) is 5.56 Å². The van der Waals surface area contributed by atoms with Crippen LogP contribution in [0.2, 0.25) is 0 Å². The first-order valence-corrected chi connectivity index (χ1v) is 12.5. The molecule has 8 heteroatoms. The number of anilines is 1. The SMILES string of the molecule is O=C(Cn1c(CN2CCCC2)nc2sc3c(c2c1=O)CCCC3)Nc1ccccc1Br. The molecule has 1 aliphatic heterocycles. The number of halogens is 1. The highest BCUT2D eigenvalue weighted by Gasteiger charge is 2.24. The van der Waals surface area contributed by atoms with Gasteiger partial charge in [-0.1, -0.05) is 12.1 Å². The fourth-order valence-electron chi connectivity index (χ4n) is 4.60. The van der Waals surface area contributed by atoms with Crippen molar-refractivity contribution in [1.82, 2.24) is 14.5 Å². The number of fused-ring (bicyclic) bond motifs is 3. The number of aromatic nitrogens is 2. The van der Waals surface area contributed by atoms with E-state index in [-0.39, 0.29) is 18.0 Å². The van der Waals surface area contributed by atoms with Gasteiger partial charge in [0.05, 0.1) is 17.6 Å². The number of benzene rings is 1. The van der Waals surface area contributed by atoms with E-state index in [9.17, 15) is 9.59 Å². The molecule has 0 radical (unpaired) electrons. The van der Waals surface area contributed by atoms with Gasteiger partial charge in [-0.15, -0.1) is 11.3 Å². The summed E-state index contributed by atoms with van der Waals surface area (Å²) < 4.78 is 2.42. The van der Waals surface area contributed by atoms with Crippen molar-refractivity contribution in [3.63, 3.8) is 0 Å². The molecule has 1 N–H and O–H groups in total. The maximum atomic E-state index is 13.6. The standard InChI is InChI=1S/C23H25BrN4O2S/c24-16-8-2-3-9-17(16)25-20(29)14-28-19(13-27-11-5-6-12-27)26-22-21(23(28)30)15-7-1-4-10-18(15)31-22/h2-3,8-9H,1,4-7,10-14H2,(H,25,29). The van der Waals surface area contributed by atoms with Crippen molar-refractivity contribution in [3.05, 3.63) is 55.4 Å². The van der Waals surface area contributed by atoms with Gasteiger partial charge in [-0.2, -0.15) is 0 Å². The van der Waals surface area contributed by atoms with E-state index in [0.29, 0.717) is 18.1 Å². The highest BCUT2D eigenvalue weighted by molar-refractivity contribution is 9.10. The van der Waals surface area contributed by atoms with Crippen LogP contribution in [0.15, 0.2) is 33.5 Å². The van der Waals surface area contributed by atoms with Crippen molar-refractivity contribution in [3.8, 4) is 0 Å². The normalized spacial score (nSPS) is 16.5. The van der Waals surface area contributed by atoms with Crippen LogP contribution in [0, 0.1) is 0 Å². The number of hydrogen-bond donors (Lipinski definition) is 1. The Morgan fingerprint density at radius 3 is 2.71 bits per heavy atom. The van der Waals surface area contributed by atoms with E-state index in [1.54, 1.807) is 15.9 Å². The number of para-hydroxylation sites is 1. The van der Waals surface area contributed by atoms with E-state index in [1.165, 1.54) is 24.1 Å². The summed E-state index contributed by atoms with van der Waals surface area (Å²) in [7, 11) is 0. The number of likely N-dealkylation sites (tertiary alicyclic amines) is 1. The van der Waals surface area contributed by atoms with Crippen LogP contribution in [-0.2, 0) is 30.7 Å². The van der Waals surface area contributed by atoms with E-state index in [4.69, 9.17) is 4.98 Å². The zero-order valence-electron chi connectivity index (χ0n) is 17.3. The van der Waals surface area contributed by atoms with Crippen molar-refractivity contribution in [2.45, 2.75) is 51.6 Å². The third-order valence-electron chi connectivity index (χ3n) is 6.17. The lowest BCUT2D eigenvalue weighted by atomic mass is 9.97. The van der Waals surface area contributed by atoms with Crippen molar-refractivity contribution < 1.29 is 4.79 Å². The summed E-state index contributed by atoms with van der Waals surface area (Å²) in [6, 6.07) is 7.49. The molecule has 1 fully saturated rings. The third kappa shape index (κ3) is 4.21. The number of aryl methyl sites for hydroxylation is 2. The molecule has 0 spiro atoms. The number of carbonyl (C=O) groups excluding carboxylic acids is 1. The second kappa shape index (κ2) is 8.84. The van der Waals surface area contributed by atoms with Gasteiger partial charge < -0.3 is 5.32 Å². The Balaban J connectivity index is 1.53. The molecule has 1 aliphatic carbocycles. The lowest BCUT2D eigenvalue weighted by Crippen LogP contribution is -2.34. The highest BCUT2D eigenvalue weighted by Crippen LogP contribution is 2.34. The molecule has 0 bridgehead atoms. The Morgan fingerprint density at radius 2 is 1.90 bits per heavy atom. The molecule has 3 heterocycles. The minimum atomic E-state index is -0.220. The summed E-state index contributed by atoms with van der Waals surface area (Å²) >= 11 is 5.13. The molecular weight excluding hydrogens is 476 g/mol.